The highest BCUT2D eigenvalue weighted by molar-refractivity contribution is 5.90. The monoisotopic (exact) mass is 534 g/mol. The van der Waals surface area contributed by atoms with Crippen molar-refractivity contribution >= 4 is 18.0 Å². The van der Waals surface area contributed by atoms with Gasteiger partial charge in [-0.3, -0.25) is 9.69 Å². The van der Waals surface area contributed by atoms with Crippen LogP contribution in [0.25, 0.3) is 11.1 Å². The lowest BCUT2D eigenvalue weighted by molar-refractivity contribution is -0.142. The fourth-order valence-corrected chi connectivity index (χ4v) is 4.92. The van der Waals surface area contributed by atoms with Gasteiger partial charge in [0.2, 0.25) is 5.91 Å². The molecule has 4 aromatic rings. The molecule has 1 heterocycles. The van der Waals surface area contributed by atoms with Crippen LogP contribution in [0.4, 0.5) is 4.79 Å². The molecule has 0 fully saturated rings. The zero-order chi connectivity index (χ0) is 27.9. The predicted molar refractivity (Wildman–Crippen MR) is 151 cm³/mol. The van der Waals surface area contributed by atoms with Crippen molar-refractivity contribution in [3.8, 4) is 11.1 Å². The van der Waals surface area contributed by atoms with Crippen molar-refractivity contribution in [2.45, 2.75) is 38.1 Å². The number of carboxylic acid groups (broad SMARTS) is 1. The van der Waals surface area contributed by atoms with Crippen molar-refractivity contribution in [3.05, 3.63) is 131 Å². The summed E-state index contributed by atoms with van der Waals surface area (Å²) in [6.45, 7) is 0.267. The number of fused-ring (bicyclic) bond motifs is 1. The second-order valence-electron chi connectivity index (χ2n) is 9.82. The lowest BCUT2D eigenvalue weighted by Gasteiger charge is -2.35. The van der Waals surface area contributed by atoms with Gasteiger partial charge in [-0.15, -0.1) is 0 Å². The highest BCUT2D eigenvalue weighted by Crippen LogP contribution is 2.25. The number of benzene rings is 4. The Bertz CT molecular complexity index is 1470. The van der Waals surface area contributed by atoms with Crippen molar-refractivity contribution in [3.63, 3.8) is 0 Å². The second kappa shape index (κ2) is 12.3. The Morgan fingerprint density at radius 1 is 0.775 bits per heavy atom. The molecule has 0 radical (unpaired) electrons. The van der Waals surface area contributed by atoms with Crippen molar-refractivity contribution in [1.29, 1.82) is 0 Å². The van der Waals surface area contributed by atoms with Crippen LogP contribution < -0.4 is 5.32 Å². The third kappa shape index (κ3) is 6.38. The maximum atomic E-state index is 13.5. The number of hydrogen-bond acceptors (Lipinski definition) is 4. The number of ether oxygens (including phenoxy) is 1. The van der Waals surface area contributed by atoms with E-state index < -0.39 is 30.1 Å². The average Bonchev–Trinajstić information content (AvgIpc) is 3.00. The van der Waals surface area contributed by atoms with Crippen LogP contribution in [-0.4, -0.2) is 40.1 Å². The average molecular weight is 535 g/mol. The molecule has 0 saturated carbocycles. The molecule has 0 bridgehead atoms. The Morgan fingerprint density at radius 3 is 2.05 bits per heavy atom. The first-order chi connectivity index (χ1) is 19.5. The van der Waals surface area contributed by atoms with Gasteiger partial charge in [-0.1, -0.05) is 109 Å². The molecule has 0 aromatic heterocycles. The first kappa shape index (κ1) is 26.7. The zero-order valence-electron chi connectivity index (χ0n) is 21.9. The molecule has 1 aliphatic rings. The first-order valence-electron chi connectivity index (χ1n) is 13.2. The summed E-state index contributed by atoms with van der Waals surface area (Å²) in [5.41, 5.74) is 5.56. The summed E-state index contributed by atoms with van der Waals surface area (Å²) >= 11 is 0. The summed E-state index contributed by atoms with van der Waals surface area (Å²) in [5.74, 6) is -1.67. The number of carboxylic acids is 1. The summed E-state index contributed by atoms with van der Waals surface area (Å²) in [6.07, 6.45) is -0.250. The van der Waals surface area contributed by atoms with Gasteiger partial charge in [-0.2, -0.15) is 0 Å². The maximum Gasteiger partial charge on any atom is 0.411 e. The number of hydrogen-bond donors (Lipinski definition) is 2. The highest BCUT2D eigenvalue weighted by Gasteiger charge is 2.37. The molecular weight excluding hydrogens is 504 g/mol. The number of amides is 2. The maximum absolute atomic E-state index is 13.5. The number of carbonyl (C=O) groups is 3. The Hall–Kier alpha value is -4.91. The molecule has 5 rings (SSSR count). The summed E-state index contributed by atoms with van der Waals surface area (Å²) in [4.78, 5) is 40.2. The third-order valence-electron chi connectivity index (χ3n) is 7.11. The van der Waals surface area contributed by atoms with Gasteiger partial charge in [-0.25, -0.2) is 9.59 Å². The van der Waals surface area contributed by atoms with Crippen molar-refractivity contribution in [1.82, 2.24) is 10.2 Å². The number of carbonyl (C=O) groups excluding carboxylic acids is 2. The van der Waals surface area contributed by atoms with Crippen molar-refractivity contribution in [2.75, 3.05) is 0 Å². The van der Waals surface area contributed by atoms with E-state index in [4.69, 9.17) is 4.74 Å². The largest absolute Gasteiger partial charge is 0.480 e. The van der Waals surface area contributed by atoms with Crippen LogP contribution in [0.1, 0.15) is 22.3 Å². The molecule has 1 aliphatic heterocycles. The minimum atomic E-state index is -1.16. The minimum Gasteiger partial charge on any atom is -0.480 e. The van der Waals surface area contributed by atoms with Gasteiger partial charge in [-0.05, 0) is 33.4 Å². The number of nitrogens with zero attached hydrogens (tertiary/aromatic N) is 1. The van der Waals surface area contributed by atoms with Gasteiger partial charge in [0, 0.05) is 12.8 Å². The molecular formula is C33H30N2O5. The van der Waals surface area contributed by atoms with Gasteiger partial charge < -0.3 is 15.2 Å². The zero-order valence-corrected chi connectivity index (χ0v) is 21.9. The molecule has 7 heteroatoms. The van der Waals surface area contributed by atoms with Crippen LogP contribution in [0.3, 0.4) is 0 Å². The Labute approximate surface area is 233 Å². The van der Waals surface area contributed by atoms with Crippen molar-refractivity contribution < 1.29 is 24.2 Å². The highest BCUT2D eigenvalue weighted by atomic mass is 16.6. The molecule has 2 N–H and O–H groups in total. The van der Waals surface area contributed by atoms with Crippen LogP contribution in [0.2, 0.25) is 0 Å². The van der Waals surface area contributed by atoms with Crippen LogP contribution >= 0.6 is 0 Å². The van der Waals surface area contributed by atoms with Crippen LogP contribution in [0.15, 0.2) is 109 Å². The van der Waals surface area contributed by atoms with Gasteiger partial charge in [0.1, 0.15) is 18.7 Å². The molecule has 0 aliphatic carbocycles. The van der Waals surface area contributed by atoms with E-state index >= 15 is 0 Å². The fraction of sp³-hybridized carbons (Fsp3) is 0.182. The van der Waals surface area contributed by atoms with Gasteiger partial charge >= 0.3 is 12.1 Å². The SMILES string of the molecule is O=C(O)[C@@H](Cc1ccc(-c2ccccc2)cc1)NC(=O)[C@@H]1Cc2ccccc2CN1C(=O)OCc1ccccc1. The second-order valence-corrected chi connectivity index (χ2v) is 9.82. The molecule has 7 nitrogen and oxygen atoms in total. The van der Waals surface area contributed by atoms with E-state index in [9.17, 15) is 19.5 Å². The Balaban J connectivity index is 1.30. The van der Waals surface area contributed by atoms with E-state index in [1.54, 1.807) is 0 Å². The van der Waals surface area contributed by atoms with E-state index in [2.05, 4.69) is 5.32 Å². The van der Waals surface area contributed by atoms with Gasteiger partial charge in [0.25, 0.3) is 0 Å². The third-order valence-corrected chi connectivity index (χ3v) is 7.11. The normalized spacial score (nSPS) is 15.0. The number of aliphatic carboxylic acids is 1. The van der Waals surface area contributed by atoms with E-state index in [0.29, 0.717) is 0 Å². The summed E-state index contributed by atoms with van der Waals surface area (Å²) in [5, 5.41) is 12.6. The number of nitrogens with one attached hydrogen (secondary N) is 1. The molecule has 40 heavy (non-hydrogen) atoms. The topological polar surface area (TPSA) is 95.9 Å². The van der Waals surface area contributed by atoms with Gasteiger partial charge in [0.05, 0.1) is 6.54 Å². The Kier molecular flexibility index (Phi) is 8.21. The Morgan fingerprint density at radius 2 is 1.38 bits per heavy atom. The molecule has 4 aromatic carbocycles. The lowest BCUT2D eigenvalue weighted by Crippen LogP contribution is -2.56. The lowest BCUT2D eigenvalue weighted by atomic mass is 9.93. The summed E-state index contributed by atoms with van der Waals surface area (Å²) < 4.78 is 5.55. The van der Waals surface area contributed by atoms with E-state index in [1.165, 1.54) is 4.90 Å². The van der Waals surface area contributed by atoms with Crippen LogP contribution in [-0.2, 0) is 40.3 Å². The van der Waals surface area contributed by atoms with Crippen LogP contribution in [0, 0.1) is 0 Å². The molecule has 0 unspecified atom stereocenters. The summed E-state index contributed by atoms with van der Waals surface area (Å²) in [6, 6.07) is 32.4. The first-order valence-corrected chi connectivity index (χ1v) is 13.2. The minimum absolute atomic E-state index is 0.0723. The van der Waals surface area contributed by atoms with Crippen molar-refractivity contribution in [2.24, 2.45) is 0 Å². The molecule has 202 valence electrons. The van der Waals surface area contributed by atoms with E-state index in [0.717, 1.165) is 33.4 Å². The standard InChI is InChI=1S/C33H30N2O5/c36-31(34-29(32(37)38)19-23-15-17-26(18-16-23)25-11-5-2-6-12-25)30-20-27-13-7-8-14-28(27)21-35(30)33(39)40-22-24-9-3-1-4-10-24/h1-18,29-30H,19-22H2,(H,34,36)(H,37,38)/t29-,30+/m1/s1. The molecule has 2 amide bonds. The van der Waals surface area contributed by atoms with E-state index in [-0.39, 0.29) is 26.0 Å². The molecule has 0 spiro atoms. The quantitative estimate of drug-likeness (QED) is 0.323. The fourth-order valence-electron chi connectivity index (χ4n) is 4.92. The predicted octanol–water partition coefficient (Wildman–Crippen LogP) is 5.23. The smallest absolute Gasteiger partial charge is 0.411 e. The molecule has 0 saturated heterocycles. The van der Waals surface area contributed by atoms with E-state index in [1.807, 2.05) is 109 Å². The van der Waals surface area contributed by atoms with Crippen LogP contribution in [0.5, 0.6) is 0 Å². The van der Waals surface area contributed by atoms with Gasteiger partial charge in [0.15, 0.2) is 0 Å². The molecule has 2 atom stereocenters. The number of rotatable bonds is 8. The summed E-state index contributed by atoms with van der Waals surface area (Å²) in [7, 11) is 0.